The quantitative estimate of drug-likeness (QED) is 0.0554. The number of nitrogens with zero attached hydrogens (tertiary/aromatic N) is 3. The fraction of sp³-hybridized carbons (Fsp3) is 0.103. The van der Waals surface area contributed by atoms with E-state index < -0.39 is 15.7 Å². The molecule has 0 unspecified atom stereocenters. The zero-order chi connectivity index (χ0) is 55.3. The Morgan fingerprint density at radius 1 is 0.519 bits per heavy atom. The molecule has 8 aromatic carbocycles. The maximum absolute atomic E-state index is 12.4. The number of methoxy groups -OCH3 is 4. The number of rotatable bonds is 13. The lowest BCUT2D eigenvalue weighted by atomic mass is 10.2. The lowest BCUT2D eigenvalue weighted by molar-refractivity contribution is -0.385. The number of aromatic nitrogens is 3. The number of carbonyl (C=O) groups excluding carboxylic acids is 1. The SMILES string of the molecule is COc1ccc(O)cc1.COc1ccc(Oc2ccc3[nH]ccc3c2)cc1.COc1cccc(Oc2ccc([N+](=O)[O-])c(C)c2)c1.COc1cccc(Oc2ccc3n[nH]c(C=O)c3c2)c1.Cc1cc(F)ccc1[N+](=O)[O-]. The van der Waals surface area contributed by atoms with Crippen molar-refractivity contribution in [2.75, 3.05) is 28.4 Å². The van der Waals surface area contributed by atoms with Crippen molar-refractivity contribution in [2.24, 2.45) is 0 Å². The van der Waals surface area contributed by atoms with Gasteiger partial charge in [-0.15, -0.1) is 0 Å². The summed E-state index contributed by atoms with van der Waals surface area (Å²) in [6.45, 7) is 3.18. The molecule has 2 heterocycles. The predicted molar refractivity (Wildman–Crippen MR) is 289 cm³/mol. The van der Waals surface area contributed by atoms with E-state index in [1.54, 1.807) is 108 Å². The number of nitro groups is 2. The van der Waals surface area contributed by atoms with Crippen LogP contribution in [0.15, 0.2) is 182 Å². The van der Waals surface area contributed by atoms with Gasteiger partial charge in [-0.25, -0.2) is 4.39 Å². The summed E-state index contributed by atoms with van der Waals surface area (Å²) in [7, 11) is 6.42. The van der Waals surface area contributed by atoms with Crippen molar-refractivity contribution in [2.45, 2.75) is 13.8 Å². The Hall–Kier alpha value is -10.4. The zero-order valence-electron chi connectivity index (χ0n) is 42.5. The van der Waals surface area contributed by atoms with E-state index in [1.807, 2.05) is 85.1 Å². The molecule has 394 valence electrons. The average molecular weight is 1050 g/mol. The summed E-state index contributed by atoms with van der Waals surface area (Å²) in [5, 5.41) is 38.3. The highest BCUT2D eigenvalue weighted by Gasteiger charge is 2.12. The molecular formula is C58H52FN5O13. The molecule has 0 aliphatic carbocycles. The number of nitro benzene ring substituents is 2. The number of nitrogens with one attached hydrogen (secondary N) is 2. The standard InChI is InChI=1S/C15H12N2O3.C15H13NO2.C14H13NO4.C7H6FNO2.C7H8O2/c1-19-10-3-2-4-11(7-10)20-12-5-6-14-13(8-12)15(9-18)17-16-14;1-17-12-2-4-13(5-3-12)18-14-6-7-15-11(10-14)8-9-16-15;1-10-8-13(6-7-14(10)15(16)17)19-12-5-3-4-11(9-12)18-2;1-5-4-6(8)2-3-7(5)9(10)11;1-9-7-4-2-6(8)3-5-7/h2-9H,1H3,(H,16,17);2-10,16H,1H3;3-9H,1-2H3;2-4H,1H3;2-5,8H,1H3. The number of aldehydes is 1. The van der Waals surface area contributed by atoms with Crippen molar-refractivity contribution in [3.8, 4) is 63.2 Å². The third-order valence-corrected chi connectivity index (χ3v) is 10.8. The Balaban J connectivity index is 0.000000160. The maximum atomic E-state index is 12.4. The molecule has 3 N–H and O–H groups in total. The van der Waals surface area contributed by atoms with Crippen LogP contribution in [0.1, 0.15) is 21.6 Å². The first-order valence-corrected chi connectivity index (χ1v) is 23.1. The molecule has 0 saturated heterocycles. The van der Waals surface area contributed by atoms with Crippen molar-refractivity contribution >= 4 is 39.5 Å². The molecule has 10 aromatic rings. The van der Waals surface area contributed by atoms with Crippen LogP contribution in [-0.2, 0) is 0 Å². The van der Waals surface area contributed by atoms with Gasteiger partial charge in [0.15, 0.2) is 6.29 Å². The lowest BCUT2D eigenvalue weighted by Gasteiger charge is -2.08. The molecule has 0 bridgehead atoms. The second kappa shape index (κ2) is 27.6. The monoisotopic (exact) mass is 1050 g/mol. The van der Waals surface area contributed by atoms with Crippen LogP contribution in [0.25, 0.3) is 21.8 Å². The van der Waals surface area contributed by atoms with Crippen LogP contribution in [0.2, 0.25) is 0 Å². The van der Waals surface area contributed by atoms with Crippen molar-refractivity contribution < 1.29 is 57.3 Å². The average Bonchev–Trinajstić information content (AvgIpc) is 4.09. The number of hydrogen-bond acceptors (Lipinski definition) is 14. The van der Waals surface area contributed by atoms with Gasteiger partial charge in [0, 0.05) is 57.9 Å². The topological polar surface area (TPSA) is 233 Å². The number of benzene rings is 8. The van der Waals surface area contributed by atoms with Gasteiger partial charge in [-0.1, -0.05) is 12.1 Å². The Bertz CT molecular complexity index is 3550. The van der Waals surface area contributed by atoms with Gasteiger partial charge in [0.05, 0.1) is 43.8 Å². The van der Waals surface area contributed by atoms with E-state index in [-0.39, 0.29) is 17.1 Å². The van der Waals surface area contributed by atoms with E-state index in [0.29, 0.717) is 45.6 Å². The number of hydrogen-bond donors (Lipinski definition) is 3. The molecule has 0 amide bonds. The number of phenolic OH excluding ortho intramolecular Hbond substituents is 1. The molecule has 0 aliphatic heterocycles. The van der Waals surface area contributed by atoms with E-state index >= 15 is 0 Å². The highest BCUT2D eigenvalue weighted by atomic mass is 19.1. The summed E-state index contributed by atoms with van der Waals surface area (Å²) in [5.41, 5.74) is 3.21. The van der Waals surface area contributed by atoms with E-state index in [1.165, 1.54) is 13.0 Å². The highest BCUT2D eigenvalue weighted by molar-refractivity contribution is 5.95. The summed E-state index contributed by atoms with van der Waals surface area (Å²) >= 11 is 0. The van der Waals surface area contributed by atoms with Gasteiger partial charge in [0.1, 0.15) is 74.8 Å². The maximum Gasteiger partial charge on any atom is 0.272 e. The smallest absolute Gasteiger partial charge is 0.272 e. The molecule has 0 saturated carbocycles. The molecule has 0 spiro atoms. The minimum atomic E-state index is -0.533. The number of H-pyrrole nitrogens is 2. The van der Waals surface area contributed by atoms with Crippen molar-refractivity contribution in [1.82, 2.24) is 15.2 Å². The molecule has 0 radical (unpaired) electrons. The first-order chi connectivity index (χ1) is 37.2. The number of aromatic amines is 2. The molecule has 2 aromatic heterocycles. The molecule has 18 nitrogen and oxygen atoms in total. The van der Waals surface area contributed by atoms with Crippen molar-refractivity contribution in [1.29, 1.82) is 0 Å². The van der Waals surface area contributed by atoms with E-state index in [2.05, 4.69) is 15.2 Å². The van der Waals surface area contributed by atoms with Crippen LogP contribution in [0.3, 0.4) is 0 Å². The predicted octanol–water partition coefficient (Wildman–Crippen LogP) is 14.3. The van der Waals surface area contributed by atoms with Gasteiger partial charge in [0.2, 0.25) is 0 Å². The molecule has 19 heteroatoms. The molecule has 0 fully saturated rings. The number of phenols is 1. The van der Waals surface area contributed by atoms with Crippen LogP contribution in [0.4, 0.5) is 15.8 Å². The van der Waals surface area contributed by atoms with E-state index in [4.69, 9.17) is 38.3 Å². The molecule has 10 rings (SSSR count). The number of aryl methyl sites for hydroxylation is 2. The summed E-state index contributed by atoms with van der Waals surface area (Å²) in [4.78, 5) is 34.1. The summed E-state index contributed by atoms with van der Waals surface area (Å²) < 4.78 is 49.8. The number of ether oxygens (including phenoxy) is 7. The minimum absolute atomic E-state index is 0.0496. The largest absolute Gasteiger partial charge is 0.508 e. The van der Waals surface area contributed by atoms with Gasteiger partial charge >= 0.3 is 0 Å². The Kier molecular flexibility index (Phi) is 20.0. The van der Waals surface area contributed by atoms with E-state index in [0.717, 1.165) is 75.0 Å². The van der Waals surface area contributed by atoms with Crippen LogP contribution in [-0.4, -0.2) is 64.9 Å². The normalized spacial score (nSPS) is 10.1. The van der Waals surface area contributed by atoms with Crippen molar-refractivity contribution in [3.05, 3.63) is 225 Å². The fourth-order valence-corrected chi connectivity index (χ4v) is 6.94. The summed E-state index contributed by atoms with van der Waals surface area (Å²) in [5.74, 6) is 6.90. The number of aromatic hydroxyl groups is 1. The van der Waals surface area contributed by atoms with Crippen LogP contribution in [0, 0.1) is 39.9 Å². The number of fused-ring (bicyclic) bond motifs is 2. The number of halogens is 1. The van der Waals surface area contributed by atoms with Crippen LogP contribution in [0.5, 0.6) is 63.2 Å². The Labute approximate surface area is 441 Å². The Morgan fingerprint density at radius 3 is 1.52 bits per heavy atom. The molecular weight excluding hydrogens is 994 g/mol. The summed E-state index contributed by atoms with van der Waals surface area (Å²) in [6, 6.07) is 50.0. The third-order valence-electron chi connectivity index (χ3n) is 10.8. The first-order valence-electron chi connectivity index (χ1n) is 23.1. The fourth-order valence-electron chi connectivity index (χ4n) is 6.94. The van der Waals surface area contributed by atoms with Gasteiger partial charge in [0.25, 0.3) is 11.4 Å². The minimum Gasteiger partial charge on any atom is -0.508 e. The molecule has 0 atom stereocenters. The van der Waals surface area contributed by atoms with E-state index in [9.17, 15) is 29.4 Å². The molecule has 77 heavy (non-hydrogen) atoms. The van der Waals surface area contributed by atoms with Gasteiger partial charge in [-0.3, -0.25) is 30.1 Å². The van der Waals surface area contributed by atoms with Crippen LogP contribution >= 0.6 is 0 Å². The summed E-state index contributed by atoms with van der Waals surface area (Å²) in [6.07, 6.45) is 2.66. The number of carbonyl (C=O) groups is 1. The lowest BCUT2D eigenvalue weighted by Crippen LogP contribution is -1.92. The van der Waals surface area contributed by atoms with Crippen LogP contribution < -0.4 is 33.2 Å². The zero-order valence-corrected chi connectivity index (χ0v) is 42.5. The second-order valence-electron chi connectivity index (χ2n) is 16.1. The highest BCUT2D eigenvalue weighted by Crippen LogP contribution is 2.31. The molecule has 0 aliphatic rings. The van der Waals surface area contributed by atoms with Gasteiger partial charge < -0.3 is 43.2 Å². The third kappa shape index (κ3) is 16.5. The Morgan fingerprint density at radius 2 is 0.974 bits per heavy atom. The first kappa shape index (κ1) is 55.9. The second-order valence-corrected chi connectivity index (χ2v) is 16.1. The van der Waals surface area contributed by atoms with Crippen molar-refractivity contribution in [3.63, 3.8) is 0 Å². The van der Waals surface area contributed by atoms with Gasteiger partial charge in [-0.05, 0) is 153 Å². The van der Waals surface area contributed by atoms with Gasteiger partial charge in [-0.2, -0.15) is 5.10 Å².